The van der Waals surface area contributed by atoms with E-state index in [9.17, 15) is 24.0 Å². The molecule has 0 bridgehead atoms. The van der Waals surface area contributed by atoms with Gasteiger partial charge < -0.3 is 38.6 Å². The van der Waals surface area contributed by atoms with Crippen molar-refractivity contribution in [1.29, 1.82) is 0 Å². The average Bonchev–Trinajstić information content (AvgIpc) is 3.54. The summed E-state index contributed by atoms with van der Waals surface area (Å²) in [6, 6.07) is 17.2. The van der Waals surface area contributed by atoms with Gasteiger partial charge in [-0.05, 0) is 78.7 Å². The summed E-state index contributed by atoms with van der Waals surface area (Å²) in [6.45, 7) is 13.6. The molecule has 0 spiro atoms. The smallest absolute Gasteiger partial charge is 0.408 e. The van der Waals surface area contributed by atoms with E-state index in [1.807, 2.05) is 56.3 Å². The third-order valence-corrected chi connectivity index (χ3v) is 12.4. The van der Waals surface area contributed by atoms with Crippen molar-refractivity contribution in [1.82, 2.24) is 10.2 Å². The van der Waals surface area contributed by atoms with Crippen LogP contribution in [-0.2, 0) is 49.2 Å². The van der Waals surface area contributed by atoms with Crippen LogP contribution >= 0.6 is 0 Å². The van der Waals surface area contributed by atoms with E-state index in [2.05, 4.69) is 17.2 Å². The maximum atomic E-state index is 14.7. The average molecular weight is 831 g/mol. The van der Waals surface area contributed by atoms with E-state index in [1.54, 1.807) is 71.9 Å². The molecule has 2 aromatic carbocycles. The highest BCUT2D eigenvalue weighted by Crippen LogP contribution is 2.41. The maximum Gasteiger partial charge on any atom is 0.408 e. The van der Waals surface area contributed by atoms with Gasteiger partial charge in [0.15, 0.2) is 23.8 Å². The number of ether oxygens (including phenoxy) is 6. The van der Waals surface area contributed by atoms with Gasteiger partial charge in [0.2, 0.25) is 0 Å². The Hall–Kier alpha value is -4.61. The molecule has 13 nitrogen and oxygen atoms in total. The third-order valence-electron chi connectivity index (χ3n) is 12.4. The molecule has 2 aromatic rings. The lowest BCUT2D eigenvalue weighted by molar-refractivity contribution is -0.295. The Morgan fingerprint density at radius 2 is 1.55 bits per heavy atom. The highest BCUT2D eigenvalue weighted by atomic mass is 16.7. The minimum Gasteiger partial charge on any atom is -0.458 e. The number of hydrogen-bond donors (Lipinski definition) is 1. The zero-order valence-corrected chi connectivity index (χ0v) is 36.6. The molecule has 3 fully saturated rings. The molecule has 5 rings (SSSR count). The summed E-state index contributed by atoms with van der Waals surface area (Å²) in [4.78, 5) is 71.6. The molecule has 1 N–H and O–H groups in total. The lowest BCUT2D eigenvalue weighted by atomic mass is 9.73. The van der Waals surface area contributed by atoms with Crippen LogP contribution in [0.2, 0.25) is 0 Å². The number of fused-ring (bicyclic) bond motifs is 1. The molecule has 3 heterocycles. The molecule has 3 aliphatic rings. The van der Waals surface area contributed by atoms with Crippen molar-refractivity contribution in [2.24, 2.45) is 23.7 Å². The van der Waals surface area contributed by atoms with Crippen molar-refractivity contribution in [3.05, 3.63) is 71.8 Å². The van der Waals surface area contributed by atoms with E-state index in [1.165, 1.54) is 6.92 Å². The van der Waals surface area contributed by atoms with Crippen LogP contribution in [0.1, 0.15) is 90.6 Å². The first-order valence-electron chi connectivity index (χ1n) is 21.0. The number of likely N-dealkylation sites (N-methyl/N-ethyl adjacent to an activating group) is 1. The van der Waals surface area contributed by atoms with Crippen LogP contribution in [0.25, 0.3) is 0 Å². The predicted molar refractivity (Wildman–Crippen MR) is 222 cm³/mol. The summed E-state index contributed by atoms with van der Waals surface area (Å²) in [5, 5.41) is 2.80. The van der Waals surface area contributed by atoms with Gasteiger partial charge in [-0.15, -0.1) is 0 Å². The molecule has 326 valence electrons. The summed E-state index contributed by atoms with van der Waals surface area (Å²) in [6.07, 6.45) is -4.13. The first-order chi connectivity index (χ1) is 28.4. The van der Waals surface area contributed by atoms with E-state index >= 15 is 0 Å². The van der Waals surface area contributed by atoms with Gasteiger partial charge in [-0.3, -0.25) is 14.4 Å². The van der Waals surface area contributed by atoms with Gasteiger partial charge in [0.05, 0.1) is 35.5 Å². The number of carbonyl (C=O) groups is 5. The molecule has 0 unspecified atom stereocenters. The van der Waals surface area contributed by atoms with Crippen LogP contribution in [0.3, 0.4) is 0 Å². The number of cyclic esters (lactones) is 1. The lowest BCUT2D eigenvalue weighted by Gasteiger charge is -2.48. The van der Waals surface area contributed by atoms with Crippen LogP contribution in [0.4, 0.5) is 4.79 Å². The summed E-state index contributed by atoms with van der Waals surface area (Å²) >= 11 is 0. The second-order valence-electron chi connectivity index (χ2n) is 17.2. The Labute approximate surface area is 354 Å². The molecular weight excluding hydrogens is 769 g/mol. The molecule has 0 aromatic heterocycles. The summed E-state index contributed by atoms with van der Waals surface area (Å²) in [5.41, 5.74) is -1.47. The van der Waals surface area contributed by atoms with E-state index in [-0.39, 0.29) is 37.4 Å². The molecule has 1 amide bonds. The predicted octanol–water partition coefficient (Wildman–Crippen LogP) is 5.96. The fourth-order valence-corrected chi connectivity index (χ4v) is 9.02. The fourth-order valence-electron chi connectivity index (χ4n) is 9.02. The SMILES string of the molecule is CC[C@H]1OC(=O)[C@H](C)C(=O)[C@H](C)[C@@H](O[C@@H]2O[C@H](C)C[C@H](N(C)C)[C@H]2OC(=O)c2ccccc2)[C@](C)(OCC#CCc2ccccc2)C[C@@H](C)C(=O)[C@H](C)[C@H]2NC(=O)O[C@@]21C. The van der Waals surface area contributed by atoms with E-state index in [0.29, 0.717) is 18.4 Å². The van der Waals surface area contributed by atoms with Crippen LogP contribution in [0.15, 0.2) is 60.7 Å². The molecular formula is C47H62N2O11. The molecule has 0 aliphatic carbocycles. The van der Waals surface area contributed by atoms with Gasteiger partial charge in [-0.25, -0.2) is 9.59 Å². The first-order valence-corrected chi connectivity index (χ1v) is 21.0. The highest BCUT2D eigenvalue weighted by Gasteiger charge is 2.57. The Morgan fingerprint density at radius 3 is 2.18 bits per heavy atom. The monoisotopic (exact) mass is 830 g/mol. The number of hydrogen-bond acceptors (Lipinski definition) is 12. The molecule has 13 heteroatoms. The number of amides is 1. The van der Waals surface area contributed by atoms with Gasteiger partial charge in [0.25, 0.3) is 0 Å². The number of esters is 2. The largest absolute Gasteiger partial charge is 0.458 e. The van der Waals surface area contributed by atoms with Crippen LogP contribution < -0.4 is 5.32 Å². The van der Waals surface area contributed by atoms with Crippen LogP contribution in [-0.4, -0.2) is 109 Å². The van der Waals surface area contributed by atoms with Crippen LogP contribution in [0, 0.1) is 35.5 Å². The highest BCUT2D eigenvalue weighted by molar-refractivity contribution is 6.00. The Morgan fingerprint density at radius 1 is 0.900 bits per heavy atom. The number of rotatable bonds is 9. The summed E-state index contributed by atoms with van der Waals surface area (Å²) in [7, 11) is 3.76. The van der Waals surface area contributed by atoms with Gasteiger partial charge in [0, 0.05) is 24.2 Å². The van der Waals surface area contributed by atoms with Gasteiger partial charge in [0.1, 0.15) is 24.4 Å². The minimum atomic E-state index is -1.44. The molecule has 13 atom stereocenters. The van der Waals surface area contributed by atoms with Crippen molar-refractivity contribution in [2.45, 2.75) is 135 Å². The molecule has 3 aliphatic heterocycles. The quantitative estimate of drug-likeness (QED) is 0.137. The Kier molecular flexibility index (Phi) is 15.4. The minimum absolute atomic E-state index is 0.0426. The molecule has 0 radical (unpaired) electrons. The van der Waals surface area contributed by atoms with Crippen molar-refractivity contribution >= 4 is 29.6 Å². The van der Waals surface area contributed by atoms with Gasteiger partial charge >= 0.3 is 18.0 Å². The van der Waals surface area contributed by atoms with Crippen molar-refractivity contribution in [2.75, 3.05) is 20.7 Å². The standard InChI is InChI=1S/C47H62N2O11/c1-11-36-47(8)40(48-45(54)60-47)30(4)37(50)28(2)27-46(7,55-25-19-18-22-33-20-14-12-15-21-33)41(31(5)38(51)32(6)42(52)57-36)59-44-39(35(49(9)10)26-29(3)56-44)58-43(53)34-23-16-13-17-24-34/h12-17,20-21,23-24,28-32,35-36,39-41,44H,11,22,25-27H2,1-10H3,(H,48,54)/t28-,29-,30+,31+,32-,35+,36-,39-,40-,41-,44+,46-,47-/m1/s1. The van der Waals surface area contributed by atoms with E-state index in [0.717, 1.165) is 5.56 Å². The number of Topliss-reactive ketones (excluding diaryl/α,β-unsaturated/α-hetero) is 2. The number of alkyl carbamates (subject to hydrolysis) is 1. The maximum absolute atomic E-state index is 14.7. The number of nitrogens with zero attached hydrogens (tertiary/aromatic N) is 1. The third kappa shape index (κ3) is 10.5. The van der Waals surface area contributed by atoms with Gasteiger partial charge in [-0.1, -0.05) is 88.1 Å². The fraction of sp³-hybridized carbons (Fsp3) is 0.596. The van der Waals surface area contributed by atoms with Crippen LogP contribution in [0.5, 0.6) is 0 Å². The topological polar surface area (TPSA) is 156 Å². The Balaban J connectivity index is 1.60. The molecule has 0 saturated carbocycles. The first kappa shape index (κ1) is 46.5. The second kappa shape index (κ2) is 19.8. The van der Waals surface area contributed by atoms with Gasteiger partial charge in [-0.2, -0.15) is 0 Å². The lowest BCUT2D eigenvalue weighted by Crippen LogP contribution is -2.61. The van der Waals surface area contributed by atoms with Crippen molar-refractivity contribution < 1.29 is 52.4 Å². The number of ketones is 2. The Bertz CT molecular complexity index is 1900. The molecule has 3 saturated heterocycles. The zero-order chi connectivity index (χ0) is 43.9. The van der Waals surface area contributed by atoms with Crippen molar-refractivity contribution in [3.8, 4) is 11.8 Å². The number of nitrogens with one attached hydrogen (secondary N) is 1. The number of carbonyl (C=O) groups excluding carboxylic acids is 5. The second-order valence-corrected chi connectivity index (χ2v) is 17.2. The number of benzene rings is 2. The zero-order valence-electron chi connectivity index (χ0n) is 36.6. The summed E-state index contributed by atoms with van der Waals surface area (Å²) in [5.74, 6) is 0.298. The van der Waals surface area contributed by atoms with E-state index < -0.39 is 89.3 Å². The normalized spacial score (nSPS) is 35.2. The molecule has 60 heavy (non-hydrogen) atoms. The van der Waals surface area contributed by atoms with E-state index in [4.69, 9.17) is 28.4 Å². The summed E-state index contributed by atoms with van der Waals surface area (Å²) < 4.78 is 38.2. The van der Waals surface area contributed by atoms with Crippen molar-refractivity contribution in [3.63, 3.8) is 0 Å².